The van der Waals surface area contributed by atoms with Crippen molar-refractivity contribution < 1.29 is 17.7 Å². The Morgan fingerprint density at radius 1 is 0.475 bits per heavy atom. The molecule has 0 amide bonds. The zero-order valence-corrected chi connectivity index (χ0v) is 37.7. The van der Waals surface area contributed by atoms with Gasteiger partial charge in [0.05, 0.1) is 25.6 Å². The van der Waals surface area contributed by atoms with Gasteiger partial charge in [0, 0.05) is 12.1 Å². The lowest BCUT2D eigenvalue weighted by atomic mass is 10.2. The highest BCUT2D eigenvalue weighted by molar-refractivity contribution is 7.00. The summed E-state index contributed by atoms with van der Waals surface area (Å²) in [7, 11) is -2.12. The van der Waals surface area contributed by atoms with Crippen molar-refractivity contribution in [2.24, 2.45) is 0 Å². The molecule has 0 radical (unpaired) electrons. The van der Waals surface area contributed by atoms with Crippen molar-refractivity contribution in [1.29, 1.82) is 0 Å². The molecule has 6 aromatic rings. The molecule has 0 N–H and O–H groups in total. The summed E-state index contributed by atoms with van der Waals surface area (Å²) >= 11 is 0. The van der Waals surface area contributed by atoms with E-state index < -0.39 is 16.6 Å². The minimum atomic E-state index is -3.08. The lowest BCUT2D eigenvalue weighted by Crippen LogP contribution is -2.69. The molecule has 2 heterocycles. The summed E-state index contributed by atoms with van der Waals surface area (Å²) in [4.78, 5) is 31.7. The van der Waals surface area contributed by atoms with Crippen LogP contribution in [0.25, 0.3) is 0 Å². The Morgan fingerprint density at radius 3 is 1.03 bits per heavy atom. The van der Waals surface area contributed by atoms with Crippen molar-refractivity contribution >= 4 is 37.4 Å². The van der Waals surface area contributed by atoms with E-state index in [4.69, 9.17) is 17.7 Å². The van der Waals surface area contributed by atoms with Crippen LogP contribution in [0.5, 0.6) is 11.5 Å². The van der Waals surface area contributed by atoms with E-state index in [-0.39, 0.29) is 32.4 Å². The molecule has 0 bridgehead atoms. The van der Waals surface area contributed by atoms with Gasteiger partial charge in [0.15, 0.2) is 23.0 Å². The summed E-state index contributed by atoms with van der Waals surface area (Å²) in [6.45, 7) is 15.4. The van der Waals surface area contributed by atoms with Gasteiger partial charge in [-0.2, -0.15) is 0 Å². The van der Waals surface area contributed by atoms with Crippen LogP contribution in [-0.4, -0.2) is 53.6 Å². The number of hydrogen-bond acceptors (Lipinski definition) is 8. The van der Waals surface area contributed by atoms with Gasteiger partial charge in [-0.1, -0.05) is 163 Å². The molecule has 0 saturated carbocycles. The van der Waals surface area contributed by atoms with Crippen LogP contribution in [0.1, 0.15) is 59.5 Å². The van der Waals surface area contributed by atoms with Gasteiger partial charge in [-0.3, -0.25) is 19.4 Å². The van der Waals surface area contributed by atoms with Crippen molar-refractivity contribution in [3.8, 4) is 11.5 Å². The molecule has 0 saturated heterocycles. The van der Waals surface area contributed by atoms with Crippen LogP contribution in [0.3, 0.4) is 0 Å². The van der Waals surface area contributed by atoms with Gasteiger partial charge in [0.2, 0.25) is 10.9 Å². The Balaban J connectivity index is 1.19. The largest absolute Gasteiger partial charge is 0.529 e. The molecule has 308 valence electrons. The molecule has 0 fully saturated rings. The Labute approximate surface area is 351 Å². The summed E-state index contributed by atoms with van der Waals surface area (Å²) < 4.78 is 26.6. The van der Waals surface area contributed by atoms with Crippen LogP contribution in [0.2, 0.25) is 10.1 Å². The lowest BCUT2D eigenvalue weighted by molar-refractivity contribution is 0.240. The molecule has 8 nitrogen and oxygen atoms in total. The third-order valence-electron chi connectivity index (χ3n) is 11.1. The van der Waals surface area contributed by atoms with Gasteiger partial charge in [-0.15, -0.1) is 0 Å². The molecule has 0 unspecified atom stereocenters. The minimum Gasteiger partial charge on any atom is -0.529 e. The number of hydrogen-bond donors (Lipinski definition) is 0. The molecule has 0 aliphatic rings. The smallest absolute Gasteiger partial charge is 0.320 e. The standard InChI is InChI=1S/C49H58N2O6Si2/c1-48(2,3)58(38-22-13-9-14-23-38,39-24-15-10-16-25-39)56-46-42(52)30-34-54-44(46)36-50(7)32-21-33-51(8)37-45-47(43(53)31-35-55-45)57-59(49(4,5)6,40-26-17-11-18-27-40)41-28-19-12-20-29-41/h9-20,22-31,34-35H,21,32-33,36-37H2,1-8H3. The molecule has 59 heavy (non-hydrogen) atoms. The first kappa shape index (κ1) is 43.3. The van der Waals surface area contributed by atoms with E-state index in [1.54, 1.807) is 0 Å². The fraction of sp³-hybridized carbons (Fsp3) is 0.306. The molecular weight excluding hydrogens is 769 g/mol. The van der Waals surface area contributed by atoms with E-state index in [9.17, 15) is 9.59 Å². The zero-order chi connectivity index (χ0) is 42.3. The summed E-state index contributed by atoms with van der Waals surface area (Å²) in [5.41, 5.74) is -0.402. The normalized spacial score (nSPS) is 12.5. The first-order chi connectivity index (χ1) is 28.2. The van der Waals surface area contributed by atoms with Gasteiger partial charge in [-0.05, 0) is 64.4 Å². The molecule has 0 aliphatic heterocycles. The predicted molar refractivity (Wildman–Crippen MR) is 244 cm³/mol. The van der Waals surface area contributed by atoms with Crippen LogP contribution in [-0.2, 0) is 13.1 Å². The van der Waals surface area contributed by atoms with Crippen LogP contribution in [0.4, 0.5) is 0 Å². The topological polar surface area (TPSA) is 85.4 Å². The fourth-order valence-electron chi connectivity index (χ4n) is 8.19. The second kappa shape index (κ2) is 18.3. The maximum atomic E-state index is 13.7. The Hall–Kier alpha value is -5.27. The molecule has 0 aliphatic carbocycles. The van der Waals surface area contributed by atoms with E-state index in [0.29, 0.717) is 37.7 Å². The van der Waals surface area contributed by atoms with Crippen molar-refractivity contribution in [3.05, 3.63) is 178 Å². The Morgan fingerprint density at radius 2 is 0.763 bits per heavy atom. The molecule has 0 spiro atoms. The lowest BCUT2D eigenvalue weighted by Gasteiger charge is -2.43. The summed E-state index contributed by atoms with van der Waals surface area (Å²) in [6, 6.07) is 44.1. The molecule has 0 atom stereocenters. The number of rotatable bonds is 16. The predicted octanol–water partition coefficient (Wildman–Crippen LogP) is 7.42. The summed E-state index contributed by atoms with van der Waals surface area (Å²) in [6.07, 6.45) is 3.71. The van der Waals surface area contributed by atoms with Gasteiger partial charge in [-0.25, -0.2) is 0 Å². The van der Waals surface area contributed by atoms with Gasteiger partial charge >= 0.3 is 16.6 Å². The average Bonchev–Trinajstić information content (AvgIpc) is 3.21. The van der Waals surface area contributed by atoms with Crippen molar-refractivity contribution in [2.75, 3.05) is 27.2 Å². The molecule has 4 aromatic carbocycles. The van der Waals surface area contributed by atoms with Crippen LogP contribution >= 0.6 is 0 Å². The molecule has 6 rings (SSSR count). The second-order valence-electron chi connectivity index (χ2n) is 17.4. The highest BCUT2D eigenvalue weighted by Gasteiger charge is 2.54. The van der Waals surface area contributed by atoms with E-state index >= 15 is 0 Å². The number of benzene rings is 4. The van der Waals surface area contributed by atoms with Gasteiger partial charge < -0.3 is 17.7 Å². The quantitative estimate of drug-likeness (QED) is 0.0934. The van der Waals surface area contributed by atoms with Crippen LogP contribution < -0.4 is 40.5 Å². The first-order valence-corrected chi connectivity index (χ1v) is 24.2. The third-order valence-corrected chi connectivity index (χ3v) is 20.9. The van der Waals surface area contributed by atoms with Gasteiger partial charge in [0.1, 0.15) is 0 Å². The average molecular weight is 827 g/mol. The van der Waals surface area contributed by atoms with E-state index in [2.05, 4.69) is 99.9 Å². The van der Waals surface area contributed by atoms with Crippen LogP contribution in [0.15, 0.2) is 164 Å². The zero-order valence-electron chi connectivity index (χ0n) is 35.7. The first-order valence-electron chi connectivity index (χ1n) is 20.4. The Bertz CT molecular complexity index is 2130. The van der Waals surface area contributed by atoms with Crippen LogP contribution in [0, 0.1) is 0 Å². The summed E-state index contributed by atoms with van der Waals surface area (Å²) in [5, 5.41) is 3.68. The monoisotopic (exact) mass is 826 g/mol. The van der Waals surface area contributed by atoms with E-state index in [0.717, 1.165) is 27.2 Å². The van der Waals surface area contributed by atoms with E-state index in [1.807, 2.05) is 86.9 Å². The SMILES string of the molecule is CN(CCCN(C)Cc1occc(=O)c1O[Si](c1ccccc1)(c1ccccc1)C(C)(C)C)Cc1occc(=O)c1O[Si](c1ccccc1)(c1ccccc1)C(C)(C)C. The fourth-order valence-corrected chi connectivity index (χ4v) is 17.1. The molecule has 2 aromatic heterocycles. The maximum Gasteiger partial charge on any atom is 0.320 e. The highest BCUT2D eigenvalue weighted by Crippen LogP contribution is 2.39. The molecule has 10 heteroatoms. The van der Waals surface area contributed by atoms with E-state index in [1.165, 1.54) is 24.7 Å². The third kappa shape index (κ3) is 9.31. The van der Waals surface area contributed by atoms with Crippen molar-refractivity contribution in [1.82, 2.24) is 9.80 Å². The maximum absolute atomic E-state index is 13.7. The minimum absolute atomic E-state index is 0.201. The molecular formula is C49H58N2O6Si2. The number of nitrogens with zero attached hydrogens (tertiary/aromatic N) is 2. The van der Waals surface area contributed by atoms with Crippen molar-refractivity contribution in [3.63, 3.8) is 0 Å². The second-order valence-corrected chi connectivity index (χ2v) is 25.9. The van der Waals surface area contributed by atoms with Gasteiger partial charge in [0.25, 0.3) is 0 Å². The highest BCUT2D eigenvalue weighted by atomic mass is 28.4. The Kier molecular flexibility index (Phi) is 13.5. The van der Waals surface area contributed by atoms with Crippen molar-refractivity contribution in [2.45, 2.75) is 71.1 Å². The summed E-state index contributed by atoms with van der Waals surface area (Å²) in [5.74, 6) is 1.52.